The van der Waals surface area contributed by atoms with Crippen molar-refractivity contribution in [3.63, 3.8) is 0 Å². The van der Waals surface area contributed by atoms with E-state index < -0.39 is 0 Å². The van der Waals surface area contributed by atoms with E-state index in [1.165, 1.54) is 24.0 Å². The average Bonchev–Trinajstić information content (AvgIpc) is 3.39. The predicted molar refractivity (Wildman–Crippen MR) is 127 cm³/mol. The van der Waals surface area contributed by atoms with Gasteiger partial charge >= 0.3 is 0 Å². The highest BCUT2D eigenvalue weighted by molar-refractivity contribution is 5.79. The van der Waals surface area contributed by atoms with Crippen LogP contribution in [0.5, 0.6) is 0 Å². The Morgan fingerprint density at radius 1 is 1.00 bits per heavy atom. The van der Waals surface area contributed by atoms with Gasteiger partial charge in [-0.1, -0.05) is 24.3 Å². The largest absolute Gasteiger partial charge is 0.367 e. The van der Waals surface area contributed by atoms with Gasteiger partial charge in [0, 0.05) is 58.3 Å². The number of carbonyl (C=O) groups is 1. The van der Waals surface area contributed by atoms with E-state index in [1.807, 2.05) is 6.20 Å². The van der Waals surface area contributed by atoms with E-state index in [0.29, 0.717) is 0 Å². The van der Waals surface area contributed by atoms with E-state index in [9.17, 15) is 4.79 Å². The number of piperidine rings is 1. The number of nitrogens with one attached hydrogen (secondary N) is 1. The smallest absolute Gasteiger partial charge is 0.223 e. The molecule has 4 heterocycles. The number of hydrogen-bond acceptors (Lipinski definition) is 6. The quantitative estimate of drug-likeness (QED) is 0.754. The minimum Gasteiger partial charge on any atom is -0.367 e. The third-order valence-corrected chi connectivity index (χ3v) is 7.22. The number of amides is 1. The van der Waals surface area contributed by atoms with E-state index in [2.05, 4.69) is 54.2 Å². The van der Waals surface area contributed by atoms with Gasteiger partial charge in [0.1, 0.15) is 6.33 Å². The zero-order valence-corrected chi connectivity index (χ0v) is 18.9. The summed E-state index contributed by atoms with van der Waals surface area (Å²) < 4.78 is 0. The number of aromatic nitrogens is 2. The van der Waals surface area contributed by atoms with Crippen molar-refractivity contribution in [3.05, 3.63) is 47.9 Å². The second kappa shape index (κ2) is 9.86. The summed E-state index contributed by atoms with van der Waals surface area (Å²) in [5.41, 5.74) is 4.02. The Balaban J connectivity index is 1.08. The maximum atomic E-state index is 12.8. The van der Waals surface area contributed by atoms with Crippen LogP contribution in [-0.2, 0) is 17.8 Å². The zero-order valence-electron chi connectivity index (χ0n) is 18.9. The summed E-state index contributed by atoms with van der Waals surface area (Å²) in [6.45, 7) is 7.63. The van der Waals surface area contributed by atoms with Crippen molar-refractivity contribution in [1.82, 2.24) is 20.2 Å². The Kier molecular flexibility index (Phi) is 6.53. The summed E-state index contributed by atoms with van der Waals surface area (Å²) in [7, 11) is 0. The third-order valence-electron chi connectivity index (χ3n) is 7.22. The first-order valence-corrected chi connectivity index (χ1v) is 12.1. The molecule has 2 saturated heterocycles. The number of hydrogen-bond donors (Lipinski definition) is 1. The Morgan fingerprint density at radius 2 is 1.78 bits per heavy atom. The molecular formula is C25H34N6O. The fourth-order valence-electron chi connectivity index (χ4n) is 5.32. The molecule has 170 valence electrons. The summed E-state index contributed by atoms with van der Waals surface area (Å²) in [6, 6.07) is 8.70. The Morgan fingerprint density at radius 3 is 2.59 bits per heavy atom. The molecule has 2 fully saturated rings. The van der Waals surface area contributed by atoms with Crippen molar-refractivity contribution in [1.29, 1.82) is 0 Å². The lowest BCUT2D eigenvalue weighted by atomic mass is 9.95. The molecule has 1 aromatic heterocycles. The number of carbonyl (C=O) groups excluding carboxylic acids is 1. The van der Waals surface area contributed by atoms with E-state index >= 15 is 0 Å². The molecule has 7 nitrogen and oxygen atoms in total. The number of benzene rings is 1. The Bertz CT molecular complexity index is 920. The van der Waals surface area contributed by atoms with Crippen LogP contribution in [0.25, 0.3) is 0 Å². The molecule has 1 amide bonds. The molecule has 0 unspecified atom stereocenters. The second-order valence-corrected chi connectivity index (χ2v) is 9.27. The van der Waals surface area contributed by atoms with Gasteiger partial charge in [0.2, 0.25) is 5.91 Å². The lowest BCUT2D eigenvalue weighted by Gasteiger charge is -2.35. The molecule has 0 radical (unpaired) electrons. The summed E-state index contributed by atoms with van der Waals surface area (Å²) in [4.78, 5) is 28.8. The highest BCUT2D eigenvalue weighted by Crippen LogP contribution is 2.31. The van der Waals surface area contributed by atoms with Crippen molar-refractivity contribution in [2.24, 2.45) is 5.92 Å². The minimum atomic E-state index is 0.105. The lowest BCUT2D eigenvalue weighted by Crippen LogP contribution is -2.43. The Hall–Kier alpha value is -2.67. The van der Waals surface area contributed by atoms with Gasteiger partial charge in [0.05, 0.1) is 11.9 Å². The van der Waals surface area contributed by atoms with Crippen LogP contribution in [0.15, 0.2) is 36.8 Å². The standard InChI is InChI=1S/C25H34N6O/c32-25(27-10-16-29-13-7-20-5-1-2-6-22(20)18-29)21-8-14-30(15-9-21)23-17-26-19-28-24(23)31-11-3-4-12-31/h1-2,5-6,17,19,21H,3-4,7-16,18H2,(H,27,32). The van der Waals surface area contributed by atoms with Crippen molar-refractivity contribution in [2.75, 3.05) is 55.6 Å². The Labute approximate surface area is 190 Å². The number of anilines is 2. The third kappa shape index (κ3) is 4.72. The molecule has 5 rings (SSSR count). The summed E-state index contributed by atoms with van der Waals surface area (Å²) in [6.07, 6.45) is 8.93. The van der Waals surface area contributed by atoms with Crippen LogP contribution < -0.4 is 15.1 Å². The minimum absolute atomic E-state index is 0.105. The van der Waals surface area contributed by atoms with Gasteiger partial charge in [-0.3, -0.25) is 9.69 Å². The fraction of sp³-hybridized carbons (Fsp3) is 0.560. The molecule has 0 saturated carbocycles. The van der Waals surface area contributed by atoms with E-state index in [1.54, 1.807) is 6.33 Å². The molecule has 3 aliphatic rings. The van der Waals surface area contributed by atoms with Gasteiger partial charge in [-0.2, -0.15) is 0 Å². The number of rotatable bonds is 6. The van der Waals surface area contributed by atoms with Crippen molar-refractivity contribution < 1.29 is 4.79 Å². The zero-order chi connectivity index (χ0) is 21.8. The normalized spacial score (nSPS) is 19.8. The first-order chi connectivity index (χ1) is 15.8. The van der Waals surface area contributed by atoms with Crippen LogP contribution in [0.4, 0.5) is 11.5 Å². The lowest BCUT2D eigenvalue weighted by molar-refractivity contribution is -0.125. The van der Waals surface area contributed by atoms with Gasteiger partial charge in [-0.05, 0) is 43.2 Å². The SMILES string of the molecule is O=C(NCCN1CCc2ccccc2C1)C1CCN(c2cncnc2N2CCCC2)CC1. The summed E-state index contributed by atoms with van der Waals surface area (Å²) in [5, 5.41) is 3.20. The van der Waals surface area contributed by atoms with E-state index in [4.69, 9.17) is 0 Å². The van der Waals surface area contributed by atoms with E-state index in [0.717, 1.165) is 83.1 Å². The predicted octanol–water partition coefficient (Wildman–Crippen LogP) is 2.47. The first-order valence-electron chi connectivity index (χ1n) is 12.1. The monoisotopic (exact) mass is 434 g/mol. The van der Waals surface area contributed by atoms with Gasteiger partial charge in [0.15, 0.2) is 5.82 Å². The van der Waals surface area contributed by atoms with Crippen molar-refractivity contribution in [3.8, 4) is 0 Å². The van der Waals surface area contributed by atoms with Crippen LogP contribution in [0.2, 0.25) is 0 Å². The van der Waals surface area contributed by atoms with Gasteiger partial charge in [-0.25, -0.2) is 9.97 Å². The first kappa shape index (κ1) is 21.2. The molecule has 3 aliphatic heterocycles. The van der Waals surface area contributed by atoms with E-state index in [-0.39, 0.29) is 11.8 Å². The second-order valence-electron chi connectivity index (χ2n) is 9.27. The van der Waals surface area contributed by atoms with Gasteiger partial charge in [-0.15, -0.1) is 0 Å². The number of nitrogens with zero attached hydrogens (tertiary/aromatic N) is 5. The van der Waals surface area contributed by atoms with Crippen LogP contribution in [0, 0.1) is 5.92 Å². The van der Waals surface area contributed by atoms with Crippen molar-refractivity contribution >= 4 is 17.4 Å². The summed E-state index contributed by atoms with van der Waals surface area (Å²) >= 11 is 0. The number of fused-ring (bicyclic) bond motifs is 1. The molecule has 0 spiro atoms. The van der Waals surface area contributed by atoms with Gasteiger partial charge in [0.25, 0.3) is 0 Å². The molecular weight excluding hydrogens is 400 g/mol. The van der Waals surface area contributed by atoms with Gasteiger partial charge < -0.3 is 15.1 Å². The highest BCUT2D eigenvalue weighted by Gasteiger charge is 2.28. The molecule has 7 heteroatoms. The fourth-order valence-corrected chi connectivity index (χ4v) is 5.32. The molecule has 0 bridgehead atoms. The highest BCUT2D eigenvalue weighted by atomic mass is 16.1. The molecule has 2 aromatic rings. The molecule has 32 heavy (non-hydrogen) atoms. The van der Waals surface area contributed by atoms with Crippen molar-refractivity contribution in [2.45, 2.75) is 38.6 Å². The average molecular weight is 435 g/mol. The maximum absolute atomic E-state index is 12.8. The topological polar surface area (TPSA) is 64.6 Å². The van der Waals surface area contributed by atoms with Crippen LogP contribution in [0.1, 0.15) is 36.8 Å². The molecule has 1 aromatic carbocycles. The molecule has 1 N–H and O–H groups in total. The molecule has 0 atom stereocenters. The van der Waals surface area contributed by atoms with Crippen LogP contribution in [0.3, 0.4) is 0 Å². The molecule has 0 aliphatic carbocycles. The van der Waals surface area contributed by atoms with Crippen LogP contribution >= 0.6 is 0 Å². The maximum Gasteiger partial charge on any atom is 0.223 e. The van der Waals surface area contributed by atoms with Crippen LogP contribution in [-0.4, -0.2) is 66.6 Å². The summed E-state index contributed by atoms with van der Waals surface area (Å²) in [5.74, 6) is 1.38.